The van der Waals surface area contributed by atoms with Crippen molar-refractivity contribution >= 4 is 21.6 Å². The van der Waals surface area contributed by atoms with Gasteiger partial charge in [0.1, 0.15) is 11.3 Å². The quantitative estimate of drug-likeness (QED) is 0.546. The van der Waals surface area contributed by atoms with E-state index in [1.165, 1.54) is 31.0 Å². The van der Waals surface area contributed by atoms with Crippen LogP contribution in [0.15, 0.2) is 17.2 Å². The average Bonchev–Trinajstić information content (AvgIpc) is 2.94. The number of esters is 1. The van der Waals surface area contributed by atoms with Crippen LogP contribution in [0.4, 0.5) is 0 Å². The van der Waals surface area contributed by atoms with Crippen LogP contribution in [0.1, 0.15) is 40.9 Å². The Morgan fingerprint density at radius 3 is 2.33 bits per heavy atom. The highest BCUT2D eigenvalue weighted by atomic mass is 32.2. The Morgan fingerprint density at radius 1 is 1.22 bits per heavy atom. The van der Waals surface area contributed by atoms with E-state index in [9.17, 15) is 18.0 Å². The molecule has 0 N–H and O–H groups in total. The first-order valence-corrected chi connectivity index (χ1v) is 10.1. The second-order valence-electron chi connectivity index (χ2n) is 6.10. The second kappa shape index (κ2) is 7.51. The number of rotatable bonds is 6. The first-order chi connectivity index (χ1) is 12.5. The van der Waals surface area contributed by atoms with Crippen LogP contribution < -0.4 is 9.47 Å². The molecule has 0 unspecified atom stereocenters. The molecule has 0 amide bonds. The maximum absolute atomic E-state index is 13.1. The summed E-state index contributed by atoms with van der Waals surface area (Å²) < 4.78 is 36.1. The second-order valence-corrected chi connectivity index (χ2v) is 8.06. The van der Waals surface area contributed by atoms with Crippen molar-refractivity contribution in [2.24, 2.45) is 0 Å². The Kier molecular flexibility index (Phi) is 5.74. The average molecular weight is 394 g/mol. The van der Waals surface area contributed by atoms with E-state index in [1.807, 2.05) is 0 Å². The molecule has 2 aromatic rings. The number of hydrogen-bond acceptors (Lipinski definition) is 7. The van der Waals surface area contributed by atoms with Crippen LogP contribution in [0.2, 0.25) is 0 Å². The van der Waals surface area contributed by atoms with Gasteiger partial charge >= 0.3 is 5.97 Å². The molecule has 0 saturated heterocycles. The lowest BCUT2D eigenvalue weighted by molar-refractivity contribution is -0.132. The minimum Gasteiger partial charge on any atom is -0.496 e. The topological polar surface area (TPSA) is 105 Å². The molecule has 0 aliphatic carbocycles. The highest BCUT2D eigenvalue weighted by molar-refractivity contribution is 7.90. The lowest BCUT2D eigenvalue weighted by atomic mass is 9.99. The van der Waals surface area contributed by atoms with Crippen molar-refractivity contribution in [3.05, 3.63) is 34.5 Å². The minimum absolute atomic E-state index is 0.0412. The summed E-state index contributed by atoms with van der Waals surface area (Å²) in [7, 11) is -2.14. The summed E-state index contributed by atoms with van der Waals surface area (Å²) in [4.78, 5) is 24.7. The Labute approximate surface area is 158 Å². The zero-order valence-electron chi connectivity index (χ0n) is 16.1. The van der Waals surface area contributed by atoms with E-state index in [2.05, 4.69) is 5.10 Å². The molecule has 2 rings (SSSR count). The molecule has 9 heteroatoms. The van der Waals surface area contributed by atoms with Gasteiger partial charge in [-0.05, 0) is 32.4 Å². The molecule has 8 nitrogen and oxygen atoms in total. The Bertz CT molecular complexity index is 1020. The standard InChI is InChI=1S/C18H22N2O6S/c1-7-20-18(26-12(4)21)14(9-19-20)15(22)13-8-10(2)17(27(6,23)24)11(3)16(13)25-5/h8-9H,7H2,1-6H3. The number of sulfone groups is 1. The maximum atomic E-state index is 13.1. The Hall–Kier alpha value is -2.68. The van der Waals surface area contributed by atoms with E-state index < -0.39 is 21.6 Å². The number of aromatic nitrogens is 2. The van der Waals surface area contributed by atoms with E-state index in [0.717, 1.165) is 6.26 Å². The Balaban J connectivity index is 2.71. The first-order valence-electron chi connectivity index (χ1n) is 8.20. The lowest BCUT2D eigenvalue weighted by Gasteiger charge is -2.16. The number of hydrogen-bond donors (Lipinski definition) is 0. The van der Waals surface area contributed by atoms with Crippen molar-refractivity contribution in [1.29, 1.82) is 0 Å². The number of ether oxygens (including phenoxy) is 2. The number of carbonyl (C=O) groups excluding carboxylic acids is 2. The predicted octanol–water partition coefficient (Wildman–Crippen LogP) is 2.09. The van der Waals surface area contributed by atoms with Crippen LogP contribution in [0.5, 0.6) is 11.6 Å². The number of methoxy groups -OCH3 is 1. The molecule has 1 aromatic heterocycles. The number of ketones is 1. The van der Waals surface area contributed by atoms with Crippen LogP contribution in [0.3, 0.4) is 0 Å². The predicted molar refractivity (Wildman–Crippen MR) is 98.2 cm³/mol. The fraction of sp³-hybridized carbons (Fsp3) is 0.389. The van der Waals surface area contributed by atoms with Crippen LogP contribution >= 0.6 is 0 Å². The molecular weight excluding hydrogens is 372 g/mol. The molecule has 0 aliphatic heterocycles. The van der Waals surface area contributed by atoms with E-state index in [0.29, 0.717) is 17.7 Å². The Morgan fingerprint density at radius 2 is 1.85 bits per heavy atom. The van der Waals surface area contributed by atoms with E-state index in [4.69, 9.17) is 9.47 Å². The minimum atomic E-state index is -3.50. The molecular formula is C18H22N2O6S. The van der Waals surface area contributed by atoms with Crippen LogP contribution in [0, 0.1) is 13.8 Å². The van der Waals surface area contributed by atoms with Crippen molar-refractivity contribution in [1.82, 2.24) is 9.78 Å². The summed E-state index contributed by atoms with van der Waals surface area (Å²) in [6, 6.07) is 1.46. The molecule has 0 aliphatic rings. The van der Waals surface area contributed by atoms with Gasteiger partial charge in [0.15, 0.2) is 9.84 Å². The van der Waals surface area contributed by atoms with Crippen LogP contribution in [-0.4, -0.2) is 43.3 Å². The van der Waals surface area contributed by atoms with Gasteiger partial charge in [-0.1, -0.05) is 0 Å². The monoisotopic (exact) mass is 394 g/mol. The van der Waals surface area contributed by atoms with Crippen molar-refractivity contribution in [3.63, 3.8) is 0 Å². The van der Waals surface area contributed by atoms with Gasteiger partial charge in [-0.3, -0.25) is 9.59 Å². The maximum Gasteiger partial charge on any atom is 0.309 e. The van der Waals surface area contributed by atoms with Crippen molar-refractivity contribution < 1.29 is 27.5 Å². The van der Waals surface area contributed by atoms with Gasteiger partial charge < -0.3 is 9.47 Å². The van der Waals surface area contributed by atoms with Crippen molar-refractivity contribution in [2.75, 3.05) is 13.4 Å². The zero-order chi connectivity index (χ0) is 20.5. The summed E-state index contributed by atoms with van der Waals surface area (Å²) in [5.41, 5.74) is 1.04. The summed E-state index contributed by atoms with van der Waals surface area (Å²) >= 11 is 0. The molecule has 0 atom stereocenters. The van der Waals surface area contributed by atoms with E-state index in [1.54, 1.807) is 20.8 Å². The van der Waals surface area contributed by atoms with Gasteiger partial charge in [-0.2, -0.15) is 5.10 Å². The first kappa shape index (κ1) is 20.6. The van der Waals surface area contributed by atoms with Gasteiger partial charge in [0.25, 0.3) is 0 Å². The van der Waals surface area contributed by atoms with Gasteiger partial charge in [-0.15, -0.1) is 0 Å². The van der Waals surface area contributed by atoms with E-state index in [-0.39, 0.29) is 27.7 Å². The van der Waals surface area contributed by atoms with Gasteiger partial charge in [0.2, 0.25) is 11.7 Å². The lowest BCUT2D eigenvalue weighted by Crippen LogP contribution is -2.13. The summed E-state index contributed by atoms with van der Waals surface area (Å²) in [6.07, 6.45) is 2.42. The summed E-state index contributed by atoms with van der Waals surface area (Å²) in [5.74, 6) is -0.858. The number of aryl methyl sites for hydroxylation is 2. The third kappa shape index (κ3) is 3.87. The summed E-state index contributed by atoms with van der Waals surface area (Å²) in [6.45, 7) is 6.63. The molecule has 0 saturated carbocycles. The number of carbonyl (C=O) groups is 2. The smallest absolute Gasteiger partial charge is 0.309 e. The SMILES string of the molecule is CCn1ncc(C(=O)c2cc(C)c(S(C)(=O)=O)c(C)c2OC)c1OC(C)=O. The van der Waals surface area contributed by atoms with Crippen molar-refractivity contribution in [2.45, 2.75) is 39.1 Å². The van der Waals surface area contributed by atoms with Crippen LogP contribution in [0.25, 0.3) is 0 Å². The van der Waals surface area contributed by atoms with Crippen molar-refractivity contribution in [3.8, 4) is 11.6 Å². The number of benzene rings is 1. The zero-order valence-corrected chi connectivity index (χ0v) is 16.9. The van der Waals surface area contributed by atoms with Gasteiger partial charge in [0, 0.05) is 25.3 Å². The fourth-order valence-electron chi connectivity index (χ4n) is 3.09. The highest BCUT2D eigenvalue weighted by Gasteiger charge is 2.28. The fourth-order valence-corrected chi connectivity index (χ4v) is 4.39. The molecule has 1 aromatic carbocycles. The third-order valence-electron chi connectivity index (χ3n) is 4.04. The summed E-state index contributed by atoms with van der Waals surface area (Å²) in [5, 5.41) is 4.07. The highest BCUT2D eigenvalue weighted by Crippen LogP contribution is 2.35. The number of nitrogens with zero attached hydrogens (tertiary/aromatic N) is 2. The molecule has 0 spiro atoms. The molecule has 0 bridgehead atoms. The van der Waals surface area contributed by atoms with Gasteiger partial charge in [-0.25, -0.2) is 13.1 Å². The molecule has 1 heterocycles. The van der Waals surface area contributed by atoms with E-state index >= 15 is 0 Å². The largest absolute Gasteiger partial charge is 0.496 e. The van der Waals surface area contributed by atoms with Crippen LogP contribution in [-0.2, 0) is 21.2 Å². The normalized spacial score (nSPS) is 11.3. The third-order valence-corrected chi connectivity index (χ3v) is 5.41. The molecule has 27 heavy (non-hydrogen) atoms. The molecule has 0 fully saturated rings. The molecule has 146 valence electrons. The molecule has 0 radical (unpaired) electrons. The van der Waals surface area contributed by atoms with Gasteiger partial charge in [0.05, 0.1) is 23.8 Å².